The molecule has 0 aliphatic carbocycles. The number of ketones is 1. The van der Waals surface area contributed by atoms with Gasteiger partial charge in [-0.05, 0) is 25.1 Å². The molecular formula is C15H15FN2O. The second kappa shape index (κ2) is 5.61. The number of rotatable bonds is 4. The molecule has 4 heteroatoms. The Morgan fingerprint density at radius 1 is 1.26 bits per heavy atom. The molecule has 3 nitrogen and oxygen atoms in total. The second-order valence-corrected chi connectivity index (χ2v) is 4.41. The van der Waals surface area contributed by atoms with Crippen LogP contribution in [0.4, 0.5) is 10.2 Å². The highest BCUT2D eigenvalue weighted by Gasteiger charge is 2.07. The molecule has 1 aromatic carbocycles. The van der Waals surface area contributed by atoms with E-state index in [1.165, 1.54) is 19.2 Å². The number of Topliss-reactive ketones (excluding diaryl/α,β-unsaturated/α-hetero) is 1. The van der Waals surface area contributed by atoms with Gasteiger partial charge >= 0.3 is 0 Å². The van der Waals surface area contributed by atoms with Gasteiger partial charge in [0.15, 0.2) is 5.78 Å². The molecule has 0 saturated heterocycles. The number of halogens is 1. The number of anilines is 1. The van der Waals surface area contributed by atoms with Gasteiger partial charge in [-0.15, -0.1) is 0 Å². The summed E-state index contributed by atoms with van der Waals surface area (Å²) in [6, 6.07) is 10.1. The molecule has 1 aromatic heterocycles. The lowest BCUT2D eigenvalue weighted by atomic mass is 10.2. The van der Waals surface area contributed by atoms with Crippen molar-refractivity contribution >= 4 is 11.6 Å². The normalized spacial score (nSPS) is 10.3. The van der Waals surface area contributed by atoms with E-state index in [4.69, 9.17) is 0 Å². The van der Waals surface area contributed by atoms with Gasteiger partial charge in [-0.1, -0.05) is 18.2 Å². The first-order chi connectivity index (χ1) is 9.08. The molecule has 0 atom stereocenters. The number of nitrogens with zero attached hydrogens (tertiary/aromatic N) is 2. The minimum Gasteiger partial charge on any atom is -0.355 e. The minimum absolute atomic E-state index is 0.0178. The summed E-state index contributed by atoms with van der Waals surface area (Å²) in [5, 5.41) is 0. The molecule has 1 heterocycles. The minimum atomic E-state index is -0.227. The topological polar surface area (TPSA) is 33.2 Å². The molecule has 0 spiro atoms. The van der Waals surface area contributed by atoms with E-state index in [0.717, 1.165) is 0 Å². The zero-order chi connectivity index (χ0) is 13.8. The van der Waals surface area contributed by atoms with Crippen molar-refractivity contribution in [3.63, 3.8) is 0 Å². The van der Waals surface area contributed by atoms with E-state index in [1.807, 2.05) is 11.9 Å². The lowest BCUT2D eigenvalue weighted by molar-refractivity contribution is 0.101. The van der Waals surface area contributed by atoms with Crippen molar-refractivity contribution in [2.75, 3.05) is 11.9 Å². The van der Waals surface area contributed by atoms with Gasteiger partial charge in [-0.2, -0.15) is 0 Å². The molecular weight excluding hydrogens is 243 g/mol. The Labute approximate surface area is 111 Å². The van der Waals surface area contributed by atoms with Gasteiger partial charge < -0.3 is 4.90 Å². The fourth-order valence-corrected chi connectivity index (χ4v) is 1.78. The van der Waals surface area contributed by atoms with Gasteiger partial charge in [0.05, 0.1) is 0 Å². The Morgan fingerprint density at radius 2 is 2.00 bits per heavy atom. The summed E-state index contributed by atoms with van der Waals surface area (Å²) in [4.78, 5) is 17.2. The van der Waals surface area contributed by atoms with Crippen molar-refractivity contribution < 1.29 is 9.18 Å². The van der Waals surface area contributed by atoms with Crippen LogP contribution in [0.3, 0.4) is 0 Å². The van der Waals surface area contributed by atoms with Gasteiger partial charge in [-0.3, -0.25) is 4.79 Å². The predicted molar refractivity (Wildman–Crippen MR) is 72.7 cm³/mol. The van der Waals surface area contributed by atoms with E-state index >= 15 is 0 Å². The van der Waals surface area contributed by atoms with Crippen LogP contribution in [-0.4, -0.2) is 17.8 Å². The van der Waals surface area contributed by atoms with Crippen molar-refractivity contribution in [3.8, 4) is 0 Å². The Balaban J connectivity index is 2.14. The van der Waals surface area contributed by atoms with Crippen LogP contribution in [0.2, 0.25) is 0 Å². The molecule has 0 saturated carbocycles. The smallest absolute Gasteiger partial charge is 0.161 e. The number of hydrogen-bond acceptors (Lipinski definition) is 3. The summed E-state index contributed by atoms with van der Waals surface area (Å²) in [6.45, 7) is 1.93. The maximum atomic E-state index is 13.5. The predicted octanol–water partition coefficient (Wildman–Crippen LogP) is 3.06. The van der Waals surface area contributed by atoms with E-state index in [1.54, 1.807) is 30.3 Å². The molecule has 98 valence electrons. The Morgan fingerprint density at radius 3 is 2.58 bits per heavy atom. The number of carbonyl (C=O) groups is 1. The molecule has 0 amide bonds. The zero-order valence-corrected chi connectivity index (χ0v) is 10.9. The Bertz CT molecular complexity index is 581. The third kappa shape index (κ3) is 3.16. The van der Waals surface area contributed by atoms with Crippen LogP contribution in [0.5, 0.6) is 0 Å². The summed E-state index contributed by atoms with van der Waals surface area (Å²) in [7, 11) is 1.84. The zero-order valence-electron chi connectivity index (χ0n) is 10.9. The summed E-state index contributed by atoms with van der Waals surface area (Å²) in [5.74, 6) is 0.457. The van der Waals surface area contributed by atoms with Crippen LogP contribution in [-0.2, 0) is 6.54 Å². The van der Waals surface area contributed by atoms with E-state index in [-0.39, 0.29) is 11.6 Å². The maximum Gasteiger partial charge on any atom is 0.161 e. The van der Waals surface area contributed by atoms with E-state index in [9.17, 15) is 9.18 Å². The van der Waals surface area contributed by atoms with Crippen LogP contribution in [0.15, 0.2) is 42.6 Å². The molecule has 0 radical (unpaired) electrons. The van der Waals surface area contributed by atoms with Crippen molar-refractivity contribution in [1.82, 2.24) is 4.98 Å². The van der Waals surface area contributed by atoms with Crippen molar-refractivity contribution in [1.29, 1.82) is 0 Å². The SMILES string of the molecule is CC(=O)c1ccc(N(C)Cc2ccccc2F)nc1. The number of hydrogen-bond donors (Lipinski definition) is 0. The standard InChI is InChI=1S/C15H15FN2O/c1-11(19)12-7-8-15(17-9-12)18(2)10-13-5-3-4-6-14(13)16/h3-9H,10H2,1-2H3. The largest absolute Gasteiger partial charge is 0.355 e. The van der Waals surface area contributed by atoms with Crippen LogP contribution in [0.1, 0.15) is 22.8 Å². The number of benzene rings is 1. The molecule has 19 heavy (non-hydrogen) atoms. The van der Waals surface area contributed by atoms with Gasteiger partial charge in [0.1, 0.15) is 11.6 Å². The summed E-state index contributed by atoms with van der Waals surface area (Å²) in [6.07, 6.45) is 1.54. The van der Waals surface area contributed by atoms with Crippen molar-refractivity contribution in [2.45, 2.75) is 13.5 Å². The van der Waals surface area contributed by atoms with E-state index in [0.29, 0.717) is 23.5 Å². The summed E-state index contributed by atoms with van der Waals surface area (Å²) >= 11 is 0. The quantitative estimate of drug-likeness (QED) is 0.790. The maximum absolute atomic E-state index is 13.5. The van der Waals surface area contributed by atoms with Crippen LogP contribution in [0, 0.1) is 5.82 Å². The van der Waals surface area contributed by atoms with Crippen LogP contribution < -0.4 is 4.90 Å². The summed E-state index contributed by atoms with van der Waals surface area (Å²) in [5.41, 5.74) is 1.19. The summed E-state index contributed by atoms with van der Waals surface area (Å²) < 4.78 is 13.5. The monoisotopic (exact) mass is 258 g/mol. The first kappa shape index (κ1) is 13.2. The van der Waals surface area contributed by atoms with Gasteiger partial charge in [0, 0.05) is 30.9 Å². The molecule has 0 aliphatic heterocycles. The van der Waals surface area contributed by atoms with Gasteiger partial charge in [0.25, 0.3) is 0 Å². The number of aromatic nitrogens is 1. The molecule has 0 unspecified atom stereocenters. The molecule has 2 aromatic rings. The molecule has 2 rings (SSSR count). The van der Waals surface area contributed by atoms with Gasteiger partial charge in [-0.25, -0.2) is 9.37 Å². The van der Waals surface area contributed by atoms with Crippen molar-refractivity contribution in [2.24, 2.45) is 0 Å². The highest BCUT2D eigenvalue weighted by atomic mass is 19.1. The average molecular weight is 258 g/mol. The highest BCUT2D eigenvalue weighted by molar-refractivity contribution is 5.93. The Hall–Kier alpha value is -2.23. The average Bonchev–Trinajstić information content (AvgIpc) is 2.41. The highest BCUT2D eigenvalue weighted by Crippen LogP contribution is 2.15. The fourth-order valence-electron chi connectivity index (χ4n) is 1.78. The number of carbonyl (C=O) groups excluding carboxylic acids is 1. The van der Waals surface area contributed by atoms with Crippen molar-refractivity contribution in [3.05, 3.63) is 59.5 Å². The van der Waals surface area contributed by atoms with E-state index in [2.05, 4.69) is 4.98 Å². The third-order valence-corrected chi connectivity index (χ3v) is 2.91. The lowest BCUT2D eigenvalue weighted by Gasteiger charge is -2.18. The van der Waals surface area contributed by atoms with Crippen LogP contribution in [0.25, 0.3) is 0 Å². The van der Waals surface area contributed by atoms with E-state index < -0.39 is 0 Å². The van der Waals surface area contributed by atoms with Crippen LogP contribution >= 0.6 is 0 Å². The second-order valence-electron chi connectivity index (χ2n) is 4.41. The third-order valence-electron chi connectivity index (χ3n) is 2.91. The number of pyridine rings is 1. The molecule has 0 fully saturated rings. The first-order valence-electron chi connectivity index (χ1n) is 5.99. The molecule has 0 N–H and O–H groups in total. The lowest BCUT2D eigenvalue weighted by Crippen LogP contribution is -2.18. The molecule has 0 bridgehead atoms. The van der Waals surface area contributed by atoms with Gasteiger partial charge in [0.2, 0.25) is 0 Å². The Kier molecular flexibility index (Phi) is 3.90. The first-order valence-corrected chi connectivity index (χ1v) is 5.99. The fraction of sp³-hybridized carbons (Fsp3) is 0.200. The molecule has 0 aliphatic rings.